The molecule has 0 bridgehead atoms. The van der Waals surface area contributed by atoms with Gasteiger partial charge in [-0.1, -0.05) is 6.92 Å². The number of esters is 1. The first kappa shape index (κ1) is 15.4. The van der Waals surface area contributed by atoms with E-state index in [9.17, 15) is 14.4 Å². The lowest BCUT2D eigenvalue weighted by atomic mass is 10.3. The van der Waals surface area contributed by atoms with Crippen LogP contribution in [0.4, 0.5) is 4.79 Å². The number of carbonyl (C=O) groups is 3. The van der Waals surface area contributed by atoms with Gasteiger partial charge in [0.1, 0.15) is 11.1 Å². The molecular formula is C13H15N5O4. The maximum absolute atomic E-state index is 11.9. The van der Waals surface area contributed by atoms with Crippen LogP contribution in [0.5, 0.6) is 0 Å². The molecule has 0 aromatic carbocycles. The highest BCUT2D eigenvalue weighted by atomic mass is 16.5. The number of urea groups is 1. The summed E-state index contributed by atoms with van der Waals surface area (Å²) >= 11 is 0. The molecular weight excluding hydrogens is 290 g/mol. The maximum atomic E-state index is 11.9. The first-order chi connectivity index (χ1) is 10.6. The Balaban J connectivity index is 1.87. The number of hydrogen-bond donors (Lipinski definition) is 2. The number of ether oxygens (including phenoxy) is 1. The minimum absolute atomic E-state index is 0.191. The summed E-state index contributed by atoms with van der Waals surface area (Å²) < 4.78 is 6.12. The second-order valence-electron chi connectivity index (χ2n) is 4.34. The molecule has 116 valence electrons. The molecule has 9 heteroatoms. The van der Waals surface area contributed by atoms with Crippen molar-refractivity contribution < 1.29 is 19.1 Å². The van der Waals surface area contributed by atoms with Crippen molar-refractivity contribution in [2.75, 3.05) is 13.2 Å². The maximum Gasteiger partial charge on any atom is 0.342 e. The Bertz CT molecular complexity index is 697. The van der Waals surface area contributed by atoms with E-state index in [0.29, 0.717) is 12.1 Å². The van der Waals surface area contributed by atoms with Gasteiger partial charge in [-0.05, 0) is 18.6 Å². The second kappa shape index (κ2) is 7.16. The van der Waals surface area contributed by atoms with E-state index in [1.165, 1.54) is 17.0 Å². The summed E-state index contributed by atoms with van der Waals surface area (Å²) in [7, 11) is 0. The molecule has 22 heavy (non-hydrogen) atoms. The van der Waals surface area contributed by atoms with Crippen LogP contribution in [0.25, 0.3) is 5.52 Å². The minimum Gasteiger partial charge on any atom is -0.452 e. The van der Waals surface area contributed by atoms with E-state index >= 15 is 0 Å². The first-order valence-corrected chi connectivity index (χ1v) is 6.65. The average molecular weight is 305 g/mol. The third kappa shape index (κ3) is 3.78. The SMILES string of the molecule is CCCNC(=O)NC(=O)COC(=O)c1cnn2ncccc12. The fourth-order valence-corrected chi connectivity index (χ4v) is 1.64. The van der Waals surface area contributed by atoms with Gasteiger partial charge in [0.05, 0.1) is 6.20 Å². The summed E-state index contributed by atoms with van der Waals surface area (Å²) in [6, 6.07) is 2.68. The van der Waals surface area contributed by atoms with Gasteiger partial charge < -0.3 is 10.1 Å². The van der Waals surface area contributed by atoms with Crippen LogP contribution < -0.4 is 10.6 Å². The van der Waals surface area contributed by atoms with E-state index in [4.69, 9.17) is 4.74 Å². The van der Waals surface area contributed by atoms with Gasteiger partial charge in [-0.15, -0.1) is 0 Å². The molecule has 0 aliphatic heterocycles. The van der Waals surface area contributed by atoms with E-state index in [1.807, 2.05) is 6.92 Å². The topological polar surface area (TPSA) is 115 Å². The average Bonchev–Trinajstić information content (AvgIpc) is 2.94. The predicted octanol–water partition coefficient (Wildman–Crippen LogP) is 0.122. The molecule has 2 N–H and O–H groups in total. The molecule has 0 saturated carbocycles. The molecule has 0 radical (unpaired) electrons. The van der Waals surface area contributed by atoms with Crippen molar-refractivity contribution in [2.24, 2.45) is 0 Å². The molecule has 2 aromatic heterocycles. The second-order valence-corrected chi connectivity index (χ2v) is 4.34. The van der Waals surface area contributed by atoms with E-state index in [2.05, 4.69) is 20.8 Å². The Morgan fingerprint density at radius 2 is 2.14 bits per heavy atom. The van der Waals surface area contributed by atoms with Gasteiger partial charge in [-0.2, -0.15) is 14.8 Å². The number of nitrogens with zero attached hydrogens (tertiary/aromatic N) is 3. The monoisotopic (exact) mass is 305 g/mol. The summed E-state index contributed by atoms with van der Waals surface area (Å²) in [6.45, 7) is 1.78. The minimum atomic E-state index is -0.716. The Labute approximate surface area is 125 Å². The van der Waals surface area contributed by atoms with Crippen LogP contribution >= 0.6 is 0 Å². The zero-order chi connectivity index (χ0) is 15.9. The normalized spacial score (nSPS) is 10.2. The summed E-state index contributed by atoms with van der Waals surface area (Å²) in [5.41, 5.74) is 0.657. The number of aromatic nitrogens is 3. The lowest BCUT2D eigenvalue weighted by Gasteiger charge is -2.06. The van der Waals surface area contributed by atoms with Gasteiger partial charge in [0.2, 0.25) is 0 Å². The molecule has 9 nitrogen and oxygen atoms in total. The largest absolute Gasteiger partial charge is 0.452 e. The summed E-state index contributed by atoms with van der Waals surface area (Å²) in [5.74, 6) is -1.43. The van der Waals surface area contributed by atoms with E-state index in [1.54, 1.807) is 12.1 Å². The molecule has 2 aromatic rings. The smallest absolute Gasteiger partial charge is 0.342 e. The van der Waals surface area contributed by atoms with E-state index in [0.717, 1.165) is 6.42 Å². The third-order valence-electron chi connectivity index (χ3n) is 2.65. The number of imide groups is 1. The molecule has 0 fully saturated rings. The molecule has 2 heterocycles. The molecule has 3 amide bonds. The van der Waals surface area contributed by atoms with Gasteiger partial charge in [-0.3, -0.25) is 10.1 Å². The van der Waals surface area contributed by atoms with Crippen molar-refractivity contribution >= 4 is 23.4 Å². The molecule has 0 spiro atoms. The van der Waals surface area contributed by atoms with Crippen LogP contribution in [-0.4, -0.2) is 45.9 Å². The van der Waals surface area contributed by atoms with Crippen molar-refractivity contribution in [1.82, 2.24) is 25.5 Å². The highest BCUT2D eigenvalue weighted by molar-refractivity contribution is 5.99. The Morgan fingerprint density at radius 1 is 1.32 bits per heavy atom. The molecule has 2 rings (SSSR count). The predicted molar refractivity (Wildman–Crippen MR) is 75.1 cm³/mol. The van der Waals surface area contributed by atoms with Gasteiger partial charge in [0, 0.05) is 12.7 Å². The standard InChI is InChI=1S/C13H15N5O4/c1-2-5-14-13(21)17-11(19)8-22-12(20)9-7-16-18-10(9)4-3-6-15-18/h3-4,6-7H,2,5,8H2,1H3,(H2,14,17,19,21). The Hall–Kier alpha value is -2.97. The van der Waals surface area contributed by atoms with Gasteiger partial charge >= 0.3 is 12.0 Å². The number of fused-ring (bicyclic) bond motifs is 1. The highest BCUT2D eigenvalue weighted by Gasteiger charge is 2.16. The Kier molecular flexibility index (Phi) is 5.02. The van der Waals surface area contributed by atoms with Crippen molar-refractivity contribution in [3.05, 3.63) is 30.1 Å². The zero-order valence-corrected chi connectivity index (χ0v) is 11.9. The number of nitrogens with one attached hydrogen (secondary N) is 2. The highest BCUT2D eigenvalue weighted by Crippen LogP contribution is 2.09. The van der Waals surface area contributed by atoms with Crippen molar-refractivity contribution in [3.8, 4) is 0 Å². The van der Waals surface area contributed by atoms with Gasteiger partial charge in [0.15, 0.2) is 6.61 Å². The van der Waals surface area contributed by atoms with Crippen LogP contribution in [0.15, 0.2) is 24.5 Å². The quantitative estimate of drug-likeness (QED) is 0.758. The van der Waals surface area contributed by atoms with Crippen LogP contribution in [0.3, 0.4) is 0 Å². The summed E-state index contributed by atoms with van der Waals surface area (Å²) in [6.07, 6.45) is 3.58. The van der Waals surface area contributed by atoms with Crippen LogP contribution in [0.2, 0.25) is 0 Å². The fourth-order valence-electron chi connectivity index (χ4n) is 1.64. The molecule has 0 unspecified atom stereocenters. The van der Waals surface area contributed by atoms with Gasteiger partial charge in [-0.25, -0.2) is 9.59 Å². The molecule has 0 saturated heterocycles. The number of hydrogen-bond acceptors (Lipinski definition) is 6. The van der Waals surface area contributed by atoms with E-state index < -0.39 is 24.5 Å². The lowest BCUT2D eigenvalue weighted by Crippen LogP contribution is -2.41. The molecule has 0 aliphatic carbocycles. The number of carbonyl (C=O) groups excluding carboxylic acids is 3. The van der Waals surface area contributed by atoms with Crippen molar-refractivity contribution in [3.63, 3.8) is 0 Å². The first-order valence-electron chi connectivity index (χ1n) is 6.65. The van der Waals surface area contributed by atoms with Crippen LogP contribution in [-0.2, 0) is 9.53 Å². The lowest BCUT2D eigenvalue weighted by molar-refractivity contribution is -0.123. The van der Waals surface area contributed by atoms with E-state index in [-0.39, 0.29) is 5.56 Å². The van der Waals surface area contributed by atoms with Gasteiger partial charge in [0.25, 0.3) is 5.91 Å². The fraction of sp³-hybridized carbons (Fsp3) is 0.308. The van der Waals surface area contributed by atoms with Crippen LogP contribution in [0, 0.1) is 0 Å². The summed E-state index contributed by atoms with van der Waals surface area (Å²) in [4.78, 5) is 34.6. The number of amides is 3. The van der Waals surface area contributed by atoms with Crippen molar-refractivity contribution in [2.45, 2.75) is 13.3 Å². The zero-order valence-electron chi connectivity index (χ0n) is 11.9. The Morgan fingerprint density at radius 3 is 2.91 bits per heavy atom. The van der Waals surface area contributed by atoms with Crippen LogP contribution in [0.1, 0.15) is 23.7 Å². The molecule has 0 aliphatic rings. The number of rotatable bonds is 5. The summed E-state index contributed by atoms with van der Waals surface area (Å²) in [5, 5.41) is 12.3. The third-order valence-corrected chi connectivity index (χ3v) is 2.65. The van der Waals surface area contributed by atoms with Crippen molar-refractivity contribution in [1.29, 1.82) is 0 Å². The molecule has 0 atom stereocenters.